The lowest BCUT2D eigenvalue weighted by Crippen LogP contribution is -2.17. The number of halogens is 4. The SMILES string of the molecule is Cc1cnc(-n2cnc(NC(=O)c3ccc(C(F)(F)F)nc3C)n2)c(Cl)c1. The van der Waals surface area contributed by atoms with Crippen LogP contribution >= 0.6 is 11.6 Å². The molecule has 3 aromatic rings. The molecule has 0 saturated carbocycles. The van der Waals surface area contributed by atoms with E-state index in [1.807, 2.05) is 6.92 Å². The fraction of sp³-hybridized carbons (Fsp3) is 0.188. The van der Waals surface area contributed by atoms with Crippen molar-refractivity contribution in [1.29, 1.82) is 0 Å². The van der Waals surface area contributed by atoms with E-state index in [0.717, 1.165) is 17.7 Å². The molecule has 140 valence electrons. The predicted octanol–water partition coefficient (Wildman–Crippen LogP) is 3.60. The van der Waals surface area contributed by atoms with E-state index in [-0.39, 0.29) is 17.2 Å². The Labute approximate surface area is 156 Å². The van der Waals surface area contributed by atoms with Gasteiger partial charge in [0.05, 0.1) is 16.3 Å². The van der Waals surface area contributed by atoms with E-state index in [4.69, 9.17) is 11.6 Å². The Kier molecular flexibility index (Phi) is 4.83. The molecule has 1 N–H and O–H groups in total. The van der Waals surface area contributed by atoms with Gasteiger partial charge in [-0.25, -0.2) is 9.97 Å². The van der Waals surface area contributed by atoms with Crippen LogP contribution in [0, 0.1) is 13.8 Å². The number of aromatic nitrogens is 5. The van der Waals surface area contributed by atoms with Gasteiger partial charge in [-0.15, -0.1) is 5.10 Å². The molecule has 0 aliphatic heterocycles. The van der Waals surface area contributed by atoms with E-state index in [1.54, 1.807) is 12.3 Å². The molecule has 7 nitrogen and oxygen atoms in total. The Morgan fingerprint density at radius 3 is 2.59 bits per heavy atom. The standard InChI is InChI=1S/C16H12ClF3N6O/c1-8-5-11(17)13(21-6-8)26-7-22-15(25-26)24-14(27)10-3-4-12(16(18,19)20)23-9(10)2/h3-7H,1-2H3,(H,24,25,27). The van der Waals surface area contributed by atoms with Crippen molar-refractivity contribution in [3.63, 3.8) is 0 Å². The van der Waals surface area contributed by atoms with Gasteiger partial charge in [0.2, 0.25) is 5.95 Å². The van der Waals surface area contributed by atoms with E-state index >= 15 is 0 Å². The predicted molar refractivity (Wildman–Crippen MR) is 90.8 cm³/mol. The molecule has 0 bridgehead atoms. The van der Waals surface area contributed by atoms with Crippen molar-refractivity contribution >= 4 is 23.5 Å². The topological polar surface area (TPSA) is 85.6 Å². The van der Waals surface area contributed by atoms with E-state index in [0.29, 0.717) is 10.8 Å². The molecule has 11 heteroatoms. The highest BCUT2D eigenvalue weighted by Crippen LogP contribution is 2.28. The van der Waals surface area contributed by atoms with E-state index < -0.39 is 17.8 Å². The number of alkyl halides is 3. The quantitative estimate of drug-likeness (QED) is 0.731. The van der Waals surface area contributed by atoms with Crippen LogP contribution in [-0.2, 0) is 6.18 Å². The van der Waals surface area contributed by atoms with Crippen LogP contribution in [0.3, 0.4) is 0 Å². The number of hydrogen-bond donors (Lipinski definition) is 1. The molecule has 0 atom stereocenters. The average Bonchev–Trinajstić information content (AvgIpc) is 3.01. The van der Waals surface area contributed by atoms with Gasteiger partial charge < -0.3 is 0 Å². The minimum absolute atomic E-state index is 0.0224. The minimum Gasteiger partial charge on any atom is -0.289 e. The van der Waals surface area contributed by atoms with Crippen molar-refractivity contribution in [3.05, 3.63) is 58.3 Å². The molecular weight excluding hydrogens is 385 g/mol. The Hall–Kier alpha value is -3.01. The number of amides is 1. The van der Waals surface area contributed by atoms with Crippen molar-refractivity contribution in [2.75, 3.05) is 5.32 Å². The molecular formula is C16H12ClF3N6O. The number of hydrogen-bond acceptors (Lipinski definition) is 5. The fourth-order valence-corrected chi connectivity index (χ4v) is 2.55. The average molecular weight is 397 g/mol. The second kappa shape index (κ2) is 6.95. The van der Waals surface area contributed by atoms with Crippen LogP contribution in [0.2, 0.25) is 5.02 Å². The van der Waals surface area contributed by atoms with Crippen LogP contribution < -0.4 is 5.32 Å². The number of pyridine rings is 2. The Balaban J connectivity index is 1.80. The van der Waals surface area contributed by atoms with Gasteiger partial charge in [0, 0.05) is 6.20 Å². The summed E-state index contributed by atoms with van der Waals surface area (Å²) in [6, 6.07) is 3.49. The third-order valence-corrected chi connectivity index (χ3v) is 3.79. The van der Waals surface area contributed by atoms with E-state index in [1.165, 1.54) is 17.9 Å². The molecule has 0 spiro atoms. The van der Waals surface area contributed by atoms with Gasteiger partial charge in [0.15, 0.2) is 5.82 Å². The molecule has 3 aromatic heterocycles. The monoisotopic (exact) mass is 396 g/mol. The Morgan fingerprint density at radius 1 is 1.22 bits per heavy atom. The maximum absolute atomic E-state index is 12.7. The van der Waals surface area contributed by atoms with Gasteiger partial charge >= 0.3 is 6.18 Å². The van der Waals surface area contributed by atoms with Crippen LogP contribution in [-0.4, -0.2) is 30.6 Å². The van der Waals surface area contributed by atoms with Gasteiger partial charge in [-0.1, -0.05) is 11.6 Å². The Bertz CT molecular complexity index is 1020. The summed E-state index contributed by atoms with van der Waals surface area (Å²) < 4.78 is 39.3. The molecule has 0 unspecified atom stereocenters. The first-order valence-electron chi connectivity index (χ1n) is 7.55. The van der Waals surface area contributed by atoms with Crippen LogP contribution in [0.1, 0.15) is 27.3 Å². The zero-order valence-electron chi connectivity index (χ0n) is 14.0. The van der Waals surface area contributed by atoms with Crippen molar-refractivity contribution in [2.24, 2.45) is 0 Å². The second-order valence-corrected chi connectivity index (χ2v) is 6.02. The maximum atomic E-state index is 12.7. The summed E-state index contributed by atoms with van der Waals surface area (Å²) in [6.45, 7) is 3.14. The first kappa shape index (κ1) is 18.8. The van der Waals surface area contributed by atoms with Crippen molar-refractivity contribution in [2.45, 2.75) is 20.0 Å². The lowest BCUT2D eigenvalue weighted by atomic mass is 10.1. The zero-order valence-corrected chi connectivity index (χ0v) is 14.8. The van der Waals surface area contributed by atoms with Gasteiger partial charge in [-0.05, 0) is 37.6 Å². The molecule has 0 aliphatic rings. The number of anilines is 1. The van der Waals surface area contributed by atoms with Crippen molar-refractivity contribution < 1.29 is 18.0 Å². The highest BCUT2D eigenvalue weighted by Gasteiger charge is 2.33. The number of carbonyl (C=O) groups is 1. The third-order valence-electron chi connectivity index (χ3n) is 3.51. The lowest BCUT2D eigenvalue weighted by Gasteiger charge is -2.09. The van der Waals surface area contributed by atoms with Gasteiger partial charge in [-0.2, -0.15) is 22.8 Å². The molecule has 27 heavy (non-hydrogen) atoms. The summed E-state index contributed by atoms with van der Waals surface area (Å²) >= 11 is 6.11. The first-order valence-corrected chi connectivity index (χ1v) is 7.93. The van der Waals surface area contributed by atoms with Crippen LogP contribution in [0.25, 0.3) is 5.82 Å². The summed E-state index contributed by atoms with van der Waals surface area (Å²) in [5, 5.41) is 6.80. The Morgan fingerprint density at radius 2 is 1.96 bits per heavy atom. The number of nitrogens with one attached hydrogen (secondary N) is 1. The van der Waals surface area contributed by atoms with E-state index in [2.05, 4.69) is 25.4 Å². The number of carbonyl (C=O) groups excluding carboxylic acids is 1. The summed E-state index contributed by atoms with van der Waals surface area (Å²) in [5.41, 5.74) is -0.294. The van der Waals surface area contributed by atoms with Crippen LogP contribution in [0.5, 0.6) is 0 Å². The molecule has 0 saturated heterocycles. The fourth-order valence-electron chi connectivity index (χ4n) is 2.25. The van der Waals surface area contributed by atoms with Crippen molar-refractivity contribution in [3.8, 4) is 5.82 Å². The van der Waals surface area contributed by atoms with E-state index in [9.17, 15) is 18.0 Å². The molecule has 0 aromatic carbocycles. The highest BCUT2D eigenvalue weighted by molar-refractivity contribution is 6.32. The summed E-state index contributed by atoms with van der Waals surface area (Å²) in [4.78, 5) is 23.8. The number of aryl methyl sites for hydroxylation is 2. The molecule has 0 aliphatic carbocycles. The normalized spacial score (nSPS) is 11.5. The van der Waals surface area contributed by atoms with Crippen LogP contribution in [0.4, 0.5) is 19.1 Å². The molecule has 0 radical (unpaired) electrons. The molecule has 1 amide bonds. The lowest BCUT2D eigenvalue weighted by molar-refractivity contribution is -0.141. The van der Waals surface area contributed by atoms with Gasteiger partial charge in [0.25, 0.3) is 5.91 Å². The smallest absolute Gasteiger partial charge is 0.289 e. The van der Waals surface area contributed by atoms with Crippen molar-refractivity contribution in [1.82, 2.24) is 24.7 Å². The van der Waals surface area contributed by atoms with Gasteiger partial charge in [0.1, 0.15) is 12.0 Å². The summed E-state index contributed by atoms with van der Waals surface area (Å²) in [6.07, 6.45) is -1.68. The molecule has 3 rings (SSSR count). The minimum atomic E-state index is -4.58. The summed E-state index contributed by atoms with van der Waals surface area (Å²) in [7, 11) is 0. The first-order chi connectivity index (χ1) is 12.6. The highest BCUT2D eigenvalue weighted by atomic mass is 35.5. The maximum Gasteiger partial charge on any atom is 0.433 e. The molecule has 0 fully saturated rings. The largest absolute Gasteiger partial charge is 0.433 e. The summed E-state index contributed by atoms with van der Waals surface area (Å²) in [5.74, 6) is -0.421. The third kappa shape index (κ3) is 4.05. The number of nitrogens with zero attached hydrogens (tertiary/aromatic N) is 5. The molecule has 3 heterocycles. The van der Waals surface area contributed by atoms with Gasteiger partial charge in [-0.3, -0.25) is 10.1 Å². The number of rotatable bonds is 3. The zero-order chi connectivity index (χ0) is 19.8. The second-order valence-electron chi connectivity index (χ2n) is 5.61. The van der Waals surface area contributed by atoms with Crippen LogP contribution in [0.15, 0.2) is 30.7 Å².